The summed E-state index contributed by atoms with van der Waals surface area (Å²) in [6.45, 7) is 0.894. The standard InChI is InChI=1S/C12H13N3S2/c13-12(16)11-2-1-10(7-15-11)14-5-3-9-4-6-17-8-9/h1-2,4,6-8,14H,3,5H2,(H2,13,16). The average Bonchev–Trinajstić information content (AvgIpc) is 2.83. The number of hydrogen-bond acceptors (Lipinski definition) is 4. The Morgan fingerprint density at radius 3 is 2.88 bits per heavy atom. The van der Waals surface area contributed by atoms with E-state index in [4.69, 9.17) is 18.0 Å². The molecule has 88 valence electrons. The van der Waals surface area contributed by atoms with Gasteiger partial charge in [0, 0.05) is 6.54 Å². The van der Waals surface area contributed by atoms with Gasteiger partial charge >= 0.3 is 0 Å². The number of nitrogens with two attached hydrogens (primary N) is 1. The summed E-state index contributed by atoms with van der Waals surface area (Å²) < 4.78 is 0. The Balaban J connectivity index is 1.85. The maximum Gasteiger partial charge on any atom is 0.122 e. The number of nitrogens with one attached hydrogen (secondary N) is 1. The highest BCUT2D eigenvalue weighted by Gasteiger charge is 1.98. The Morgan fingerprint density at radius 1 is 1.41 bits per heavy atom. The van der Waals surface area contributed by atoms with Gasteiger partial charge in [0.15, 0.2) is 0 Å². The molecular weight excluding hydrogens is 250 g/mol. The van der Waals surface area contributed by atoms with Gasteiger partial charge in [-0.15, -0.1) is 0 Å². The van der Waals surface area contributed by atoms with Crippen LogP contribution in [0.5, 0.6) is 0 Å². The Morgan fingerprint density at radius 2 is 2.29 bits per heavy atom. The summed E-state index contributed by atoms with van der Waals surface area (Å²) in [5, 5.41) is 7.56. The normalized spacial score (nSPS) is 10.1. The Hall–Kier alpha value is -1.46. The summed E-state index contributed by atoms with van der Waals surface area (Å²) in [7, 11) is 0. The van der Waals surface area contributed by atoms with Crippen molar-refractivity contribution < 1.29 is 0 Å². The van der Waals surface area contributed by atoms with Gasteiger partial charge in [-0.25, -0.2) is 0 Å². The van der Waals surface area contributed by atoms with Crippen LogP contribution in [0.1, 0.15) is 11.3 Å². The lowest BCUT2D eigenvalue weighted by Crippen LogP contribution is -2.12. The summed E-state index contributed by atoms with van der Waals surface area (Å²) in [6.07, 6.45) is 2.77. The second kappa shape index (κ2) is 5.75. The zero-order valence-electron chi connectivity index (χ0n) is 9.22. The van der Waals surface area contributed by atoms with Crippen LogP contribution in [0.2, 0.25) is 0 Å². The molecule has 0 spiro atoms. The molecule has 17 heavy (non-hydrogen) atoms. The molecule has 0 aliphatic carbocycles. The van der Waals surface area contributed by atoms with Crippen LogP contribution in [0.25, 0.3) is 0 Å². The van der Waals surface area contributed by atoms with Crippen LogP contribution in [-0.4, -0.2) is 16.5 Å². The monoisotopic (exact) mass is 263 g/mol. The molecule has 5 heteroatoms. The van der Waals surface area contributed by atoms with Crippen LogP contribution in [0.4, 0.5) is 5.69 Å². The largest absolute Gasteiger partial charge is 0.388 e. The molecule has 0 radical (unpaired) electrons. The molecule has 0 aliphatic heterocycles. The quantitative estimate of drug-likeness (QED) is 0.814. The van der Waals surface area contributed by atoms with Gasteiger partial charge in [0.1, 0.15) is 4.99 Å². The molecule has 2 rings (SSSR count). The molecule has 0 unspecified atom stereocenters. The number of aromatic nitrogens is 1. The lowest BCUT2D eigenvalue weighted by molar-refractivity contribution is 1.02. The lowest BCUT2D eigenvalue weighted by Gasteiger charge is -2.05. The van der Waals surface area contributed by atoms with Crippen molar-refractivity contribution in [2.75, 3.05) is 11.9 Å². The van der Waals surface area contributed by atoms with Crippen molar-refractivity contribution in [1.29, 1.82) is 0 Å². The van der Waals surface area contributed by atoms with Crippen molar-refractivity contribution in [1.82, 2.24) is 4.98 Å². The molecule has 0 saturated heterocycles. The van der Waals surface area contributed by atoms with Crippen LogP contribution >= 0.6 is 23.6 Å². The van der Waals surface area contributed by atoms with Gasteiger partial charge in [-0.3, -0.25) is 4.98 Å². The highest BCUT2D eigenvalue weighted by atomic mass is 32.1. The van der Waals surface area contributed by atoms with E-state index in [-0.39, 0.29) is 0 Å². The third-order valence-corrected chi connectivity index (χ3v) is 3.28. The van der Waals surface area contributed by atoms with E-state index >= 15 is 0 Å². The first-order valence-electron chi connectivity index (χ1n) is 5.26. The molecule has 3 nitrogen and oxygen atoms in total. The first-order valence-corrected chi connectivity index (χ1v) is 6.61. The van der Waals surface area contributed by atoms with Crippen molar-refractivity contribution >= 4 is 34.2 Å². The van der Waals surface area contributed by atoms with Crippen LogP contribution in [0, 0.1) is 0 Å². The number of nitrogens with zero attached hydrogens (tertiary/aromatic N) is 1. The number of thiocarbonyl (C=S) groups is 1. The van der Waals surface area contributed by atoms with E-state index < -0.39 is 0 Å². The molecule has 3 N–H and O–H groups in total. The molecule has 2 heterocycles. The van der Waals surface area contributed by atoms with Crippen molar-refractivity contribution in [2.24, 2.45) is 5.73 Å². The average molecular weight is 263 g/mol. The Kier molecular flexibility index (Phi) is 4.06. The number of anilines is 1. The van der Waals surface area contributed by atoms with E-state index in [1.165, 1.54) is 5.56 Å². The third kappa shape index (κ3) is 3.51. The highest BCUT2D eigenvalue weighted by molar-refractivity contribution is 7.80. The highest BCUT2D eigenvalue weighted by Crippen LogP contribution is 2.09. The van der Waals surface area contributed by atoms with E-state index in [0.29, 0.717) is 10.7 Å². The minimum atomic E-state index is 0.329. The SMILES string of the molecule is NC(=S)c1ccc(NCCc2ccsc2)cn1. The fraction of sp³-hybridized carbons (Fsp3) is 0.167. The summed E-state index contributed by atoms with van der Waals surface area (Å²) in [5.74, 6) is 0. The number of hydrogen-bond donors (Lipinski definition) is 2. The van der Waals surface area contributed by atoms with Gasteiger partial charge in [-0.1, -0.05) is 12.2 Å². The predicted octanol–water partition coefficient (Wildman–Crippen LogP) is 2.43. The zero-order chi connectivity index (χ0) is 12.1. The van der Waals surface area contributed by atoms with Gasteiger partial charge in [-0.05, 0) is 40.9 Å². The second-order valence-electron chi connectivity index (χ2n) is 3.60. The third-order valence-electron chi connectivity index (χ3n) is 2.34. The fourth-order valence-electron chi connectivity index (χ4n) is 1.43. The van der Waals surface area contributed by atoms with Crippen molar-refractivity contribution in [3.05, 3.63) is 46.4 Å². The lowest BCUT2D eigenvalue weighted by atomic mass is 10.2. The molecule has 0 saturated carbocycles. The van der Waals surface area contributed by atoms with Gasteiger partial charge in [0.25, 0.3) is 0 Å². The first kappa shape index (κ1) is 12.0. The topological polar surface area (TPSA) is 50.9 Å². The molecule has 0 aromatic carbocycles. The molecule has 0 amide bonds. The van der Waals surface area contributed by atoms with Gasteiger partial charge < -0.3 is 11.1 Å². The van der Waals surface area contributed by atoms with E-state index in [0.717, 1.165) is 18.7 Å². The Labute approximate surface area is 110 Å². The molecule has 0 atom stereocenters. The second-order valence-corrected chi connectivity index (χ2v) is 4.82. The van der Waals surface area contributed by atoms with Crippen molar-refractivity contribution in [2.45, 2.75) is 6.42 Å². The van der Waals surface area contributed by atoms with Crippen LogP contribution < -0.4 is 11.1 Å². The number of pyridine rings is 1. The van der Waals surface area contributed by atoms with Crippen molar-refractivity contribution in [3.8, 4) is 0 Å². The van der Waals surface area contributed by atoms with Crippen LogP contribution in [0.3, 0.4) is 0 Å². The van der Waals surface area contributed by atoms with Gasteiger partial charge in [-0.2, -0.15) is 11.3 Å². The number of rotatable bonds is 5. The zero-order valence-corrected chi connectivity index (χ0v) is 10.9. The Bertz CT molecular complexity index is 477. The van der Waals surface area contributed by atoms with Crippen LogP contribution in [-0.2, 0) is 6.42 Å². The van der Waals surface area contributed by atoms with E-state index in [9.17, 15) is 0 Å². The molecule has 0 bridgehead atoms. The first-order chi connectivity index (χ1) is 8.25. The van der Waals surface area contributed by atoms with Gasteiger partial charge in [0.05, 0.1) is 17.6 Å². The number of thiophene rings is 1. The minimum Gasteiger partial charge on any atom is -0.388 e. The molecule has 0 aliphatic rings. The van der Waals surface area contributed by atoms with E-state index in [2.05, 4.69) is 27.1 Å². The van der Waals surface area contributed by atoms with Crippen LogP contribution in [0.15, 0.2) is 35.2 Å². The van der Waals surface area contributed by atoms with E-state index in [1.54, 1.807) is 17.5 Å². The summed E-state index contributed by atoms with van der Waals surface area (Å²) in [4.78, 5) is 4.50. The molecule has 2 aromatic rings. The van der Waals surface area contributed by atoms with E-state index in [1.807, 2.05) is 12.1 Å². The minimum absolute atomic E-state index is 0.329. The summed E-state index contributed by atoms with van der Waals surface area (Å²) in [5.41, 5.74) is 8.48. The maximum absolute atomic E-state index is 5.48. The van der Waals surface area contributed by atoms with Gasteiger partial charge in [0.2, 0.25) is 0 Å². The van der Waals surface area contributed by atoms with Crippen molar-refractivity contribution in [3.63, 3.8) is 0 Å². The molecular formula is C12H13N3S2. The molecule has 2 aromatic heterocycles. The fourth-order valence-corrected chi connectivity index (χ4v) is 2.25. The predicted molar refractivity (Wildman–Crippen MR) is 76.6 cm³/mol. The maximum atomic E-state index is 5.48. The smallest absolute Gasteiger partial charge is 0.122 e. The summed E-state index contributed by atoms with van der Waals surface area (Å²) in [6, 6.07) is 5.91. The summed E-state index contributed by atoms with van der Waals surface area (Å²) >= 11 is 6.57. The molecule has 0 fully saturated rings.